The number of rotatable bonds is 0. The molecular formula is C17H10BrF2NO. The van der Waals surface area contributed by atoms with Crippen LogP contribution in [0.2, 0.25) is 0 Å². The van der Waals surface area contributed by atoms with Crippen molar-refractivity contribution < 1.29 is 13.5 Å². The zero-order valence-electron chi connectivity index (χ0n) is 11.4. The maximum absolute atomic E-state index is 14.5. The van der Waals surface area contributed by atoms with E-state index in [0.29, 0.717) is 12.0 Å². The van der Waals surface area contributed by atoms with Gasteiger partial charge in [0.25, 0.3) is 0 Å². The normalized spacial score (nSPS) is 24.7. The Morgan fingerprint density at radius 3 is 2.82 bits per heavy atom. The summed E-state index contributed by atoms with van der Waals surface area (Å²) in [5.74, 6) is -1.45. The number of fused-ring (bicyclic) bond motifs is 4. The molecule has 22 heavy (non-hydrogen) atoms. The van der Waals surface area contributed by atoms with E-state index in [0.717, 1.165) is 21.7 Å². The molecule has 2 aliphatic rings. The summed E-state index contributed by atoms with van der Waals surface area (Å²) in [4.78, 5) is 0. The van der Waals surface area contributed by atoms with Crippen molar-refractivity contribution in [3.63, 3.8) is 0 Å². The number of benzene rings is 2. The zero-order chi connectivity index (χ0) is 15.5. The van der Waals surface area contributed by atoms with Crippen molar-refractivity contribution in [2.75, 3.05) is 0 Å². The Bertz CT molecular complexity index is 845. The second-order valence-corrected chi connectivity index (χ2v) is 6.62. The molecule has 1 unspecified atom stereocenters. The van der Waals surface area contributed by atoms with E-state index in [1.807, 2.05) is 18.2 Å². The first kappa shape index (κ1) is 13.7. The summed E-state index contributed by atoms with van der Waals surface area (Å²) in [5.41, 5.74) is 1.37. The third-order valence-electron chi connectivity index (χ3n) is 4.51. The predicted molar refractivity (Wildman–Crippen MR) is 79.3 cm³/mol. The van der Waals surface area contributed by atoms with Gasteiger partial charge in [-0.25, -0.2) is 8.78 Å². The lowest BCUT2D eigenvalue weighted by Crippen LogP contribution is -2.15. The molecule has 1 aliphatic carbocycles. The zero-order valence-corrected chi connectivity index (χ0v) is 13.0. The molecule has 0 bridgehead atoms. The minimum Gasteiger partial charge on any atom is -0.488 e. The van der Waals surface area contributed by atoms with Gasteiger partial charge in [-0.1, -0.05) is 22.0 Å². The van der Waals surface area contributed by atoms with E-state index < -0.39 is 17.0 Å². The Labute approximate surface area is 134 Å². The second kappa shape index (κ2) is 4.53. The number of halogens is 3. The number of hydrogen-bond donors (Lipinski definition) is 0. The maximum Gasteiger partial charge on any atom is 0.133 e. The Kier molecular flexibility index (Phi) is 2.82. The first-order valence-electron chi connectivity index (χ1n) is 6.87. The predicted octanol–water partition coefficient (Wildman–Crippen LogP) is 4.45. The highest BCUT2D eigenvalue weighted by molar-refractivity contribution is 9.10. The van der Waals surface area contributed by atoms with Crippen LogP contribution in [0.3, 0.4) is 0 Å². The molecule has 1 saturated carbocycles. The lowest BCUT2D eigenvalue weighted by atomic mass is 9.83. The molecule has 0 saturated heterocycles. The Morgan fingerprint density at radius 1 is 1.27 bits per heavy atom. The van der Waals surface area contributed by atoms with E-state index in [1.165, 1.54) is 6.07 Å². The third kappa shape index (κ3) is 1.74. The molecule has 0 amide bonds. The van der Waals surface area contributed by atoms with Gasteiger partial charge in [-0.2, -0.15) is 5.26 Å². The van der Waals surface area contributed by atoms with Gasteiger partial charge in [0, 0.05) is 27.6 Å². The third-order valence-corrected chi connectivity index (χ3v) is 5.01. The summed E-state index contributed by atoms with van der Waals surface area (Å²) >= 11 is 3.41. The van der Waals surface area contributed by atoms with E-state index >= 15 is 0 Å². The van der Waals surface area contributed by atoms with E-state index in [9.17, 15) is 14.0 Å². The van der Waals surface area contributed by atoms with E-state index in [2.05, 4.69) is 22.0 Å². The van der Waals surface area contributed by atoms with Crippen LogP contribution in [-0.2, 0) is 12.0 Å². The largest absolute Gasteiger partial charge is 0.488 e. The Morgan fingerprint density at radius 2 is 2.09 bits per heavy atom. The quantitative estimate of drug-likeness (QED) is 0.694. The van der Waals surface area contributed by atoms with Gasteiger partial charge in [0.05, 0.1) is 12.0 Å². The molecule has 1 aliphatic heterocycles. The van der Waals surface area contributed by atoms with Gasteiger partial charge in [0.2, 0.25) is 0 Å². The summed E-state index contributed by atoms with van der Waals surface area (Å²) in [6, 6.07) is 9.98. The number of ether oxygens (including phenoxy) is 1. The fourth-order valence-electron chi connectivity index (χ4n) is 3.50. The van der Waals surface area contributed by atoms with Gasteiger partial charge >= 0.3 is 0 Å². The van der Waals surface area contributed by atoms with Crippen molar-refractivity contribution >= 4 is 15.9 Å². The van der Waals surface area contributed by atoms with Crippen LogP contribution in [-0.4, -0.2) is 0 Å². The van der Waals surface area contributed by atoms with Crippen LogP contribution in [0.15, 0.2) is 34.8 Å². The van der Waals surface area contributed by atoms with Gasteiger partial charge in [0.1, 0.15) is 24.0 Å². The summed E-state index contributed by atoms with van der Waals surface area (Å²) < 4.78 is 34.6. The van der Waals surface area contributed by atoms with Crippen molar-refractivity contribution in [3.05, 3.63) is 63.1 Å². The van der Waals surface area contributed by atoms with Crippen LogP contribution in [0.25, 0.3) is 0 Å². The van der Waals surface area contributed by atoms with Gasteiger partial charge in [-0.15, -0.1) is 0 Å². The number of nitriles is 1. The minimum atomic E-state index is -0.728. The molecule has 2 nitrogen and oxygen atoms in total. The lowest BCUT2D eigenvalue weighted by molar-refractivity contribution is 0.302. The molecule has 0 radical (unpaired) electrons. The first-order chi connectivity index (χ1) is 10.6. The highest BCUT2D eigenvalue weighted by Crippen LogP contribution is 2.63. The number of nitrogens with zero attached hydrogens (tertiary/aromatic N) is 1. The summed E-state index contributed by atoms with van der Waals surface area (Å²) in [6.45, 7) is 0.227. The molecule has 4 rings (SSSR count). The maximum atomic E-state index is 14.5. The minimum absolute atomic E-state index is 0.197. The van der Waals surface area contributed by atoms with E-state index in [1.54, 1.807) is 0 Å². The van der Waals surface area contributed by atoms with Crippen molar-refractivity contribution in [1.82, 2.24) is 0 Å². The van der Waals surface area contributed by atoms with Crippen molar-refractivity contribution in [2.45, 2.75) is 18.4 Å². The fourth-order valence-corrected chi connectivity index (χ4v) is 3.91. The van der Waals surface area contributed by atoms with E-state index in [-0.39, 0.29) is 18.3 Å². The monoisotopic (exact) mass is 361 g/mol. The lowest BCUT2D eigenvalue weighted by Gasteiger charge is -2.19. The Hall–Kier alpha value is -1.93. The molecule has 1 spiro atoms. The van der Waals surface area contributed by atoms with E-state index in [4.69, 9.17) is 4.74 Å². The SMILES string of the molecule is N#CC1C[C@]12c1ccc(Br)cc1COc1cc(F)cc(F)c12. The van der Waals surface area contributed by atoms with Gasteiger partial charge in [-0.05, 0) is 29.7 Å². The number of hydrogen-bond acceptors (Lipinski definition) is 2. The summed E-state index contributed by atoms with van der Waals surface area (Å²) in [6.07, 6.45) is 0.525. The molecule has 2 aromatic rings. The molecule has 2 atom stereocenters. The van der Waals surface area contributed by atoms with Crippen molar-refractivity contribution in [2.24, 2.45) is 5.92 Å². The Balaban J connectivity index is 2.03. The average molecular weight is 362 g/mol. The molecular weight excluding hydrogens is 352 g/mol. The molecule has 0 N–H and O–H groups in total. The molecule has 110 valence electrons. The standard InChI is InChI=1S/C17H10BrF2NO/c18-11-1-2-13-9(3-11)8-22-15-5-12(19)4-14(20)16(15)17(13)6-10(17)7-21/h1-5,10H,6,8H2/t10?,17-/m1/s1. The van der Waals surface area contributed by atoms with Crippen LogP contribution >= 0.6 is 15.9 Å². The van der Waals surface area contributed by atoms with Crippen LogP contribution < -0.4 is 4.74 Å². The van der Waals surface area contributed by atoms with Crippen LogP contribution in [0.5, 0.6) is 5.75 Å². The molecule has 2 aromatic carbocycles. The van der Waals surface area contributed by atoms with Gasteiger partial charge in [0.15, 0.2) is 0 Å². The van der Waals surface area contributed by atoms with Crippen molar-refractivity contribution in [1.29, 1.82) is 5.26 Å². The topological polar surface area (TPSA) is 33.0 Å². The second-order valence-electron chi connectivity index (χ2n) is 5.71. The smallest absolute Gasteiger partial charge is 0.133 e. The molecule has 5 heteroatoms. The molecule has 1 fully saturated rings. The summed E-state index contributed by atoms with van der Waals surface area (Å²) in [5, 5.41) is 9.37. The van der Waals surface area contributed by atoms with Crippen LogP contribution in [0.4, 0.5) is 8.78 Å². The van der Waals surface area contributed by atoms with Crippen LogP contribution in [0, 0.1) is 28.9 Å². The average Bonchev–Trinajstić information content (AvgIpc) is 3.21. The first-order valence-corrected chi connectivity index (χ1v) is 7.66. The highest BCUT2D eigenvalue weighted by Gasteiger charge is 2.61. The summed E-state index contributed by atoms with van der Waals surface area (Å²) in [7, 11) is 0. The molecule has 1 heterocycles. The van der Waals surface area contributed by atoms with Crippen molar-refractivity contribution in [3.8, 4) is 11.8 Å². The van der Waals surface area contributed by atoms with Crippen LogP contribution in [0.1, 0.15) is 23.1 Å². The highest BCUT2D eigenvalue weighted by atomic mass is 79.9. The van der Waals surface area contributed by atoms with Gasteiger partial charge < -0.3 is 4.74 Å². The van der Waals surface area contributed by atoms with Gasteiger partial charge in [-0.3, -0.25) is 0 Å². The molecule has 0 aromatic heterocycles. The fraction of sp³-hybridized carbons (Fsp3) is 0.235.